The number of imidazole rings is 1. The maximum absolute atomic E-state index is 12.6. The summed E-state index contributed by atoms with van der Waals surface area (Å²) in [4.78, 5) is 19.5. The molecule has 25 heavy (non-hydrogen) atoms. The number of hydrogen-bond donors (Lipinski definition) is 1. The number of hydrogen-bond acceptors (Lipinski definition) is 4. The molecular weight excluding hydrogens is 316 g/mol. The molecule has 3 heterocycles. The van der Waals surface area contributed by atoms with Gasteiger partial charge in [-0.15, -0.1) is 0 Å². The third-order valence-electron chi connectivity index (χ3n) is 6.15. The van der Waals surface area contributed by atoms with E-state index in [4.69, 9.17) is 4.74 Å². The van der Waals surface area contributed by atoms with Gasteiger partial charge in [0.15, 0.2) is 0 Å². The van der Waals surface area contributed by atoms with E-state index < -0.39 is 0 Å². The molecule has 2 unspecified atom stereocenters. The molecule has 1 saturated carbocycles. The van der Waals surface area contributed by atoms with Crippen LogP contribution in [0.3, 0.4) is 0 Å². The van der Waals surface area contributed by atoms with Gasteiger partial charge in [0, 0.05) is 57.6 Å². The monoisotopic (exact) mass is 346 g/mol. The van der Waals surface area contributed by atoms with Gasteiger partial charge in [0.2, 0.25) is 5.91 Å². The predicted octanol–water partition coefficient (Wildman–Crippen LogP) is 2.02. The number of nitrogens with zero attached hydrogens (tertiary/aromatic N) is 3. The summed E-state index contributed by atoms with van der Waals surface area (Å²) < 4.78 is 7.87. The fourth-order valence-electron chi connectivity index (χ4n) is 4.54. The van der Waals surface area contributed by atoms with Crippen molar-refractivity contribution < 1.29 is 9.53 Å². The normalized spacial score (nSPS) is 29.3. The highest BCUT2D eigenvalue weighted by Gasteiger charge is 2.38. The molecule has 138 valence electrons. The first-order chi connectivity index (χ1) is 12.2. The van der Waals surface area contributed by atoms with E-state index in [9.17, 15) is 4.79 Å². The van der Waals surface area contributed by atoms with Crippen molar-refractivity contribution in [2.45, 2.75) is 63.1 Å². The maximum Gasteiger partial charge on any atom is 0.225 e. The van der Waals surface area contributed by atoms with Crippen molar-refractivity contribution in [3.05, 3.63) is 18.2 Å². The second-order valence-electron chi connectivity index (χ2n) is 7.93. The summed E-state index contributed by atoms with van der Waals surface area (Å²) in [6.07, 6.45) is 12.2. The molecule has 3 aliphatic rings. The highest BCUT2D eigenvalue weighted by molar-refractivity contribution is 5.80. The number of likely N-dealkylation sites (tertiary alicyclic amines) is 1. The topological polar surface area (TPSA) is 59.4 Å². The van der Waals surface area contributed by atoms with Crippen molar-refractivity contribution in [1.82, 2.24) is 19.8 Å². The summed E-state index contributed by atoms with van der Waals surface area (Å²) in [5, 5.41) is 3.27. The average molecular weight is 346 g/mol. The van der Waals surface area contributed by atoms with Gasteiger partial charge < -0.3 is 14.6 Å². The Hall–Kier alpha value is -1.40. The molecular formula is C19H30N4O2. The molecule has 0 spiro atoms. The van der Waals surface area contributed by atoms with Crippen LogP contribution in [0.2, 0.25) is 0 Å². The molecule has 0 bridgehead atoms. The van der Waals surface area contributed by atoms with Crippen LogP contribution in [0, 0.1) is 5.92 Å². The van der Waals surface area contributed by atoms with Crippen LogP contribution < -0.4 is 5.32 Å². The van der Waals surface area contributed by atoms with E-state index in [2.05, 4.69) is 15.2 Å². The van der Waals surface area contributed by atoms with E-state index in [1.54, 1.807) is 6.20 Å². The van der Waals surface area contributed by atoms with Gasteiger partial charge in [0.1, 0.15) is 11.9 Å². The van der Waals surface area contributed by atoms with Crippen molar-refractivity contribution >= 4 is 5.91 Å². The van der Waals surface area contributed by atoms with Crippen LogP contribution in [0.1, 0.15) is 56.9 Å². The first-order valence-corrected chi connectivity index (χ1v) is 9.84. The molecule has 1 amide bonds. The van der Waals surface area contributed by atoms with Gasteiger partial charge in [0.25, 0.3) is 0 Å². The van der Waals surface area contributed by atoms with Gasteiger partial charge in [0.05, 0.1) is 5.92 Å². The molecule has 0 radical (unpaired) electrons. The van der Waals surface area contributed by atoms with E-state index in [1.165, 1.54) is 32.1 Å². The van der Waals surface area contributed by atoms with E-state index in [0.717, 1.165) is 37.8 Å². The summed E-state index contributed by atoms with van der Waals surface area (Å²) in [6, 6.07) is 0.931. The standard InChI is InChI=1S/C19H30N4O2/c1-22-9-8-20-18(22)17-11-15(7-10-25-17)21-19(24)14-12-23(13-14)16-5-3-2-4-6-16/h8-9,14-17H,2-7,10-13H2,1H3,(H,21,24). The summed E-state index contributed by atoms with van der Waals surface area (Å²) in [6.45, 7) is 2.58. The summed E-state index contributed by atoms with van der Waals surface area (Å²) in [5.74, 6) is 1.36. The lowest BCUT2D eigenvalue weighted by molar-refractivity contribution is -0.133. The molecule has 0 aromatic carbocycles. The Morgan fingerprint density at radius 3 is 2.76 bits per heavy atom. The number of nitrogens with one attached hydrogen (secondary N) is 1. The van der Waals surface area contributed by atoms with Crippen molar-refractivity contribution in [2.24, 2.45) is 13.0 Å². The quantitative estimate of drug-likeness (QED) is 0.906. The predicted molar refractivity (Wildman–Crippen MR) is 95.0 cm³/mol. The minimum absolute atomic E-state index is 0.0147. The Morgan fingerprint density at radius 2 is 2.04 bits per heavy atom. The Balaban J connectivity index is 1.25. The van der Waals surface area contributed by atoms with Crippen LogP contribution in [-0.2, 0) is 16.6 Å². The Bertz CT molecular complexity index is 590. The first kappa shape index (κ1) is 17.0. The van der Waals surface area contributed by atoms with Gasteiger partial charge in [-0.25, -0.2) is 4.98 Å². The van der Waals surface area contributed by atoms with Crippen LogP contribution in [0.25, 0.3) is 0 Å². The largest absolute Gasteiger partial charge is 0.370 e. The Morgan fingerprint density at radius 1 is 1.24 bits per heavy atom. The summed E-state index contributed by atoms with van der Waals surface area (Å²) in [7, 11) is 1.99. The van der Waals surface area contributed by atoms with Gasteiger partial charge in [-0.2, -0.15) is 0 Å². The fourth-order valence-corrected chi connectivity index (χ4v) is 4.54. The number of aryl methyl sites for hydroxylation is 1. The zero-order valence-corrected chi connectivity index (χ0v) is 15.2. The third-order valence-corrected chi connectivity index (χ3v) is 6.15. The molecule has 1 aromatic heterocycles. The van der Waals surface area contributed by atoms with Crippen molar-refractivity contribution in [2.75, 3.05) is 19.7 Å². The summed E-state index contributed by atoms with van der Waals surface area (Å²) in [5.41, 5.74) is 0. The molecule has 6 heteroatoms. The van der Waals surface area contributed by atoms with Gasteiger partial charge in [-0.1, -0.05) is 19.3 Å². The minimum atomic E-state index is -0.0147. The van der Waals surface area contributed by atoms with Crippen LogP contribution in [0.4, 0.5) is 0 Å². The van der Waals surface area contributed by atoms with E-state index in [1.807, 2.05) is 17.8 Å². The molecule has 1 aromatic rings. The van der Waals surface area contributed by atoms with Crippen LogP contribution in [0.5, 0.6) is 0 Å². The second kappa shape index (κ2) is 7.46. The number of carbonyl (C=O) groups excluding carboxylic acids is 1. The summed E-state index contributed by atoms with van der Waals surface area (Å²) >= 11 is 0. The SMILES string of the molecule is Cn1ccnc1C1CC(NC(=O)C2CN(C3CCCCC3)C2)CCO1. The van der Waals surface area contributed by atoms with Gasteiger partial charge >= 0.3 is 0 Å². The minimum Gasteiger partial charge on any atom is -0.370 e. The van der Waals surface area contributed by atoms with E-state index in [0.29, 0.717) is 6.61 Å². The molecule has 6 nitrogen and oxygen atoms in total. The van der Waals surface area contributed by atoms with E-state index in [-0.39, 0.29) is 24.0 Å². The van der Waals surface area contributed by atoms with Crippen LogP contribution >= 0.6 is 0 Å². The maximum atomic E-state index is 12.6. The van der Waals surface area contributed by atoms with E-state index >= 15 is 0 Å². The lowest BCUT2D eigenvalue weighted by Crippen LogP contribution is -2.58. The number of carbonyl (C=O) groups is 1. The Labute approximate surface area is 149 Å². The second-order valence-corrected chi connectivity index (χ2v) is 7.93. The van der Waals surface area contributed by atoms with Gasteiger partial charge in [-0.3, -0.25) is 9.69 Å². The number of amides is 1. The molecule has 2 atom stereocenters. The average Bonchev–Trinajstić information content (AvgIpc) is 3.01. The van der Waals surface area contributed by atoms with Crippen molar-refractivity contribution in [1.29, 1.82) is 0 Å². The fraction of sp³-hybridized carbons (Fsp3) is 0.789. The molecule has 4 rings (SSSR count). The van der Waals surface area contributed by atoms with Crippen LogP contribution in [-0.4, -0.2) is 52.1 Å². The molecule has 1 N–H and O–H groups in total. The molecule has 3 fully saturated rings. The lowest BCUT2D eigenvalue weighted by atomic mass is 9.88. The Kier molecular flexibility index (Phi) is 5.08. The molecule has 2 aliphatic heterocycles. The van der Waals surface area contributed by atoms with Crippen LogP contribution in [0.15, 0.2) is 12.4 Å². The smallest absolute Gasteiger partial charge is 0.225 e. The van der Waals surface area contributed by atoms with Crippen molar-refractivity contribution in [3.8, 4) is 0 Å². The highest BCUT2D eigenvalue weighted by Crippen LogP contribution is 2.30. The highest BCUT2D eigenvalue weighted by atomic mass is 16.5. The zero-order chi connectivity index (χ0) is 17.2. The zero-order valence-electron chi connectivity index (χ0n) is 15.2. The third kappa shape index (κ3) is 3.75. The number of rotatable bonds is 4. The molecule has 1 aliphatic carbocycles. The van der Waals surface area contributed by atoms with Gasteiger partial charge in [-0.05, 0) is 19.3 Å². The number of aromatic nitrogens is 2. The lowest BCUT2D eigenvalue weighted by Gasteiger charge is -2.45. The van der Waals surface area contributed by atoms with Crippen molar-refractivity contribution in [3.63, 3.8) is 0 Å². The number of ether oxygens (including phenoxy) is 1. The first-order valence-electron chi connectivity index (χ1n) is 9.84. The molecule has 2 saturated heterocycles.